The molecule has 110 valence electrons. The van der Waals surface area contributed by atoms with Gasteiger partial charge in [0.25, 0.3) is 5.91 Å². The van der Waals surface area contributed by atoms with Crippen molar-refractivity contribution in [3.63, 3.8) is 0 Å². The molecule has 8 heteroatoms. The Morgan fingerprint density at radius 3 is 2.65 bits per heavy atom. The highest BCUT2D eigenvalue weighted by Gasteiger charge is 2.18. The summed E-state index contributed by atoms with van der Waals surface area (Å²) in [5.41, 5.74) is 0. The summed E-state index contributed by atoms with van der Waals surface area (Å²) in [5, 5.41) is 24.0. The molecule has 2 amide bonds. The molecule has 20 heavy (non-hydrogen) atoms. The van der Waals surface area contributed by atoms with Crippen LogP contribution < -0.4 is 10.6 Å². The molecule has 1 rings (SSSR count). The summed E-state index contributed by atoms with van der Waals surface area (Å²) in [6, 6.07) is 2.18. The van der Waals surface area contributed by atoms with Gasteiger partial charge in [-0.05, 0) is 17.9 Å². The Morgan fingerprint density at radius 2 is 2.10 bits per heavy atom. The molecule has 1 aromatic rings. The fourth-order valence-corrected chi connectivity index (χ4v) is 2.04. The van der Waals surface area contributed by atoms with Crippen molar-refractivity contribution in [1.82, 2.24) is 10.6 Å². The number of hydrogen-bond acceptors (Lipinski definition) is 5. The van der Waals surface area contributed by atoms with Gasteiger partial charge in [0.2, 0.25) is 5.91 Å². The van der Waals surface area contributed by atoms with Crippen molar-refractivity contribution in [2.45, 2.75) is 18.9 Å². The van der Waals surface area contributed by atoms with Gasteiger partial charge in [-0.3, -0.25) is 9.59 Å². The van der Waals surface area contributed by atoms with Crippen LogP contribution in [-0.4, -0.2) is 47.2 Å². The minimum Gasteiger partial charge on any atom is -0.480 e. The number of amides is 2. The van der Waals surface area contributed by atoms with Gasteiger partial charge in [0.1, 0.15) is 6.04 Å². The molecule has 0 aliphatic heterocycles. The molecular formula is C12H16N2O5S. The lowest BCUT2D eigenvalue weighted by Crippen LogP contribution is -2.43. The van der Waals surface area contributed by atoms with E-state index in [0.717, 1.165) is 0 Å². The molecule has 0 spiro atoms. The predicted molar refractivity (Wildman–Crippen MR) is 72.5 cm³/mol. The maximum absolute atomic E-state index is 11.6. The molecule has 1 heterocycles. The number of hydrogen-bond donors (Lipinski definition) is 4. The van der Waals surface area contributed by atoms with E-state index < -0.39 is 24.5 Å². The highest BCUT2D eigenvalue weighted by molar-refractivity contribution is 7.12. The van der Waals surface area contributed by atoms with Crippen molar-refractivity contribution in [3.05, 3.63) is 22.4 Å². The summed E-state index contributed by atoms with van der Waals surface area (Å²) >= 11 is 1.33. The molecule has 0 radical (unpaired) electrons. The van der Waals surface area contributed by atoms with E-state index >= 15 is 0 Å². The number of aliphatic hydroxyl groups excluding tert-OH is 1. The quantitative estimate of drug-likeness (QED) is 0.497. The third-order valence-corrected chi connectivity index (χ3v) is 3.30. The lowest BCUT2D eigenvalue weighted by Gasteiger charge is -2.11. The van der Waals surface area contributed by atoms with Crippen molar-refractivity contribution in [3.8, 4) is 0 Å². The Labute approximate surface area is 119 Å². The van der Waals surface area contributed by atoms with Crippen LogP contribution in [0.15, 0.2) is 17.5 Å². The average molecular weight is 300 g/mol. The second kappa shape index (κ2) is 8.28. The van der Waals surface area contributed by atoms with Gasteiger partial charge in [0, 0.05) is 13.0 Å². The zero-order chi connectivity index (χ0) is 15.0. The Hall–Kier alpha value is -1.93. The molecular weight excluding hydrogens is 284 g/mol. The molecule has 0 unspecified atom stereocenters. The SMILES string of the molecule is O=C(CCCNC(=O)c1cccs1)N[C@@H](CO)C(=O)O. The Morgan fingerprint density at radius 1 is 1.35 bits per heavy atom. The highest BCUT2D eigenvalue weighted by atomic mass is 32.1. The van der Waals surface area contributed by atoms with Gasteiger partial charge in [-0.2, -0.15) is 0 Å². The van der Waals surface area contributed by atoms with Crippen LogP contribution in [-0.2, 0) is 9.59 Å². The molecule has 0 bridgehead atoms. The minimum atomic E-state index is -1.29. The van der Waals surface area contributed by atoms with Gasteiger partial charge in [-0.25, -0.2) is 4.79 Å². The topological polar surface area (TPSA) is 116 Å². The lowest BCUT2D eigenvalue weighted by atomic mass is 10.2. The molecule has 0 aromatic carbocycles. The molecule has 0 saturated carbocycles. The zero-order valence-corrected chi connectivity index (χ0v) is 11.5. The molecule has 1 atom stereocenters. The fourth-order valence-electron chi connectivity index (χ4n) is 1.40. The van der Waals surface area contributed by atoms with Crippen LogP contribution in [0.5, 0.6) is 0 Å². The molecule has 7 nitrogen and oxygen atoms in total. The Bertz CT molecular complexity index is 460. The number of nitrogens with one attached hydrogen (secondary N) is 2. The summed E-state index contributed by atoms with van der Waals surface area (Å²) in [6.45, 7) is -0.336. The van der Waals surface area contributed by atoms with Crippen LogP contribution in [0.3, 0.4) is 0 Å². The number of rotatable bonds is 8. The normalized spacial score (nSPS) is 11.7. The first-order valence-corrected chi connectivity index (χ1v) is 6.87. The number of carbonyl (C=O) groups excluding carboxylic acids is 2. The number of thiophene rings is 1. The first kappa shape index (κ1) is 16.1. The van der Waals surface area contributed by atoms with E-state index in [1.165, 1.54) is 11.3 Å². The van der Waals surface area contributed by atoms with Crippen LogP contribution in [0.25, 0.3) is 0 Å². The Kier molecular flexibility index (Phi) is 6.68. The maximum atomic E-state index is 11.6. The van der Waals surface area contributed by atoms with E-state index in [9.17, 15) is 14.4 Å². The third-order valence-electron chi connectivity index (χ3n) is 2.43. The third kappa shape index (κ3) is 5.37. The molecule has 0 saturated heterocycles. The van der Waals surface area contributed by atoms with E-state index in [4.69, 9.17) is 10.2 Å². The fraction of sp³-hybridized carbons (Fsp3) is 0.417. The van der Waals surface area contributed by atoms with Crippen molar-refractivity contribution in [2.24, 2.45) is 0 Å². The first-order chi connectivity index (χ1) is 9.54. The zero-order valence-electron chi connectivity index (χ0n) is 10.7. The molecule has 4 N–H and O–H groups in total. The second-order valence-electron chi connectivity index (χ2n) is 3.98. The number of aliphatic carboxylic acids is 1. The van der Waals surface area contributed by atoms with Gasteiger partial charge in [-0.1, -0.05) is 6.07 Å². The van der Waals surface area contributed by atoms with Crippen molar-refractivity contribution in [2.75, 3.05) is 13.2 Å². The smallest absolute Gasteiger partial charge is 0.328 e. The van der Waals surface area contributed by atoms with Crippen molar-refractivity contribution >= 4 is 29.1 Å². The summed E-state index contributed by atoms with van der Waals surface area (Å²) in [7, 11) is 0. The van der Waals surface area contributed by atoms with Crippen LogP contribution >= 0.6 is 11.3 Å². The van der Waals surface area contributed by atoms with E-state index in [-0.39, 0.29) is 12.3 Å². The van der Waals surface area contributed by atoms with E-state index in [2.05, 4.69) is 10.6 Å². The van der Waals surface area contributed by atoms with Gasteiger partial charge in [0.05, 0.1) is 11.5 Å². The average Bonchev–Trinajstić information content (AvgIpc) is 2.94. The summed E-state index contributed by atoms with van der Waals surface area (Å²) in [6.07, 6.45) is 0.467. The predicted octanol–water partition coefficient (Wildman–Crippen LogP) is -0.180. The van der Waals surface area contributed by atoms with Gasteiger partial charge < -0.3 is 20.8 Å². The summed E-state index contributed by atoms with van der Waals surface area (Å²) < 4.78 is 0. The second-order valence-corrected chi connectivity index (χ2v) is 4.93. The van der Waals surface area contributed by atoms with E-state index in [0.29, 0.717) is 17.8 Å². The number of carboxylic acid groups (broad SMARTS) is 1. The maximum Gasteiger partial charge on any atom is 0.328 e. The lowest BCUT2D eigenvalue weighted by molar-refractivity contribution is -0.142. The molecule has 0 aliphatic rings. The van der Waals surface area contributed by atoms with Crippen LogP contribution in [0.4, 0.5) is 0 Å². The van der Waals surface area contributed by atoms with E-state index in [1.807, 2.05) is 0 Å². The van der Waals surface area contributed by atoms with Gasteiger partial charge >= 0.3 is 5.97 Å². The van der Waals surface area contributed by atoms with Gasteiger partial charge in [0.15, 0.2) is 0 Å². The van der Waals surface area contributed by atoms with Crippen molar-refractivity contribution in [1.29, 1.82) is 0 Å². The Balaban J connectivity index is 2.19. The van der Waals surface area contributed by atoms with Crippen molar-refractivity contribution < 1.29 is 24.6 Å². The summed E-state index contributed by atoms with van der Waals surface area (Å²) in [5.74, 6) is -1.96. The highest BCUT2D eigenvalue weighted by Crippen LogP contribution is 2.07. The standard InChI is InChI=1S/C12H16N2O5S/c15-7-8(12(18)19)14-10(16)4-1-5-13-11(17)9-3-2-6-20-9/h2-3,6,8,15H,1,4-5,7H2,(H,13,17)(H,14,16)(H,18,19)/t8-/m0/s1. The van der Waals surface area contributed by atoms with Crippen LogP contribution in [0.2, 0.25) is 0 Å². The largest absolute Gasteiger partial charge is 0.480 e. The number of aliphatic hydroxyl groups is 1. The summed E-state index contributed by atoms with van der Waals surface area (Å²) in [4.78, 5) is 34.1. The molecule has 1 aromatic heterocycles. The minimum absolute atomic E-state index is 0.0779. The van der Waals surface area contributed by atoms with Gasteiger partial charge in [-0.15, -0.1) is 11.3 Å². The van der Waals surface area contributed by atoms with Crippen LogP contribution in [0, 0.1) is 0 Å². The monoisotopic (exact) mass is 300 g/mol. The van der Waals surface area contributed by atoms with E-state index in [1.54, 1.807) is 17.5 Å². The molecule has 0 fully saturated rings. The molecule has 0 aliphatic carbocycles. The van der Waals surface area contributed by atoms with Crippen LogP contribution in [0.1, 0.15) is 22.5 Å². The number of carbonyl (C=O) groups is 3. The first-order valence-electron chi connectivity index (χ1n) is 5.99. The number of carboxylic acids is 1.